The van der Waals surface area contributed by atoms with Crippen LogP contribution in [0.5, 0.6) is 0 Å². The number of halogens is 1. The molecule has 0 radical (unpaired) electrons. The van der Waals surface area contributed by atoms with Crippen molar-refractivity contribution in [3.63, 3.8) is 0 Å². The minimum atomic E-state index is -3.40. The predicted molar refractivity (Wildman–Crippen MR) is 95.5 cm³/mol. The summed E-state index contributed by atoms with van der Waals surface area (Å²) in [6.45, 7) is -9.08. The number of nitrogens with zero attached hydrogens (tertiary/aromatic N) is 2. The van der Waals surface area contributed by atoms with Crippen molar-refractivity contribution in [2.75, 3.05) is 38.0 Å². The number of methoxy groups -OCH3 is 1. The van der Waals surface area contributed by atoms with Crippen LogP contribution in [-0.4, -0.2) is 55.7 Å². The Morgan fingerprint density at radius 1 is 1.17 bits per heavy atom. The van der Waals surface area contributed by atoms with Crippen molar-refractivity contribution in [2.45, 2.75) is 26.4 Å². The van der Waals surface area contributed by atoms with E-state index in [2.05, 4.69) is 20.7 Å². The Bertz CT molecular complexity index is 908. The highest BCUT2D eigenvalue weighted by atomic mass is 79.9. The van der Waals surface area contributed by atoms with Crippen molar-refractivity contribution in [2.24, 2.45) is 0 Å². The number of carbonyl (C=O) groups is 2. The molecule has 1 aromatic rings. The largest absolute Gasteiger partial charge is 0.465 e. The minimum Gasteiger partial charge on any atom is -0.465 e. The Balaban J connectivity index is 2.76. The van der Waals surface area contributed by atoms with E-state index in [0.717, 1.165) is 13.2 Å². The van der Waals surface area contributed by atoms with E-state index >= 15 is 0 Å². The van der Waals surface area contributed by atoms with E-state index in [1.165, 1.54) is 32.9 Å². The Morgan fingerprint density at radius 2 is 1.79 bits per heavy atom. The normalized spacial score (nSPS) is 28.5. The highest BCUT2D eigenvalue weighted by Crippen LogP contribution is 2.25. The molecule has 1 fully saturated rings. The summed E-state index contributed by atoms with van der Waals surface area (Å²) in [6, 6.07) is 3.56. The van der Waals surface area contributed by atoms with E-state index in [1.54, 1.807) is 0 Å². The molecule has 0 saturated carbocycles. The lowest BCUT2D eigenvalue weighted by molar-refractivity contribution is 0.0240. The Kier molecular flexibility index (Phi) is 3.18. The van der Waals surface area contributed by atoms with E-state index in [1.807, 2.05) is 0 Å². The lowest BCUT2D eigenvalue weighted by Crippen LogP contribution is -2.50. The molecule has 1 amide bonds. The molecule has 1 saturated heterocycles. The van der Waals surface area contributed by atoms with Crippen LogP contribution in [0.1, 0.15) is 42.1 Å². The van der Waals surface area contributed by atoms with Crippen molar-refractivity contribution in [3.8, 4) is 0 Å². The summed E-state index contributed by atoms with van der Waals surface area (Å²) in [5.41, 5.74) is -1.65. The molecular formula is C17H23BrN2O4. The summed E-state index contributed by atoms with van der Waals surface area (Å²) in [6.07, 6.45) is -1.57. The Labute approximate surface area is 162 Å². The average Bonchev–Trinajstić information content (AvgIpc) is 2.56. The first-order valence-corrected chi connectivity index (χ1v) is 7.73. The van der Waals surface area contributed by atoms with Crippen LogP contribution >= 0.6 is 15.9 Å². The van der Waals surface area contributed by atoms with Gasteiger partial charge >= 0.3 is 12.1 Å². The third-order valence-electron chi connectivity index (χ3n) is 2.69. The van der Waals surface area contributed by atoms with Gasteiger partial charge in [0, 0.05) is 36.1 Å². The van der Waals surface area contributed by atoms with Gasteiger partial charge in [-0.25, -0.2) is 9.59 Å². The molecule has 0 N–H and O–H groups in total. The molecule has 6 nitrogen and oxygen atoms in total. The summed E-state index contributed by atoms with van der Waals surface area (Å²) in [4.78, 5) is 24.7. The SMILES string of the molecule is [2H]C1([2H])N(C(=O)OC(C)(C)C)C([2H])([2H])C([2H])([2H])N(c2cc(Br)cc(C(=O)OC)c2)C1([2H])[2H]. The van der Waals surface area contributed by atoms with Crippen LogP contribution in [0, 0.1) is 0 Å². The van der Waals surface area contributed by atoms with Crippen molar-refractivity contribution in [3.05, 3.63) is 28.2 Å². The first-order chi connectivity index (χ1) is 14.2. The van der Waals surface area contributed by atoms with E-state index in [0.29, 0.717) is 0 Å². The molecule has 1 aromatic carbocycles. The standard InChI is InChI=1S/C17H23BrN2O4/c1-17(2,3)24-16(22)20-7-5-19(6-8-20)14-10-12(15(21)23-4)9-13(18)11-14/h9-11H,5-8H2,1-4H3/i5D2,6D2,7D2,8D2. The number of anilines is 1. The lowest BCUT2D eigenvalue weighted by atomic mass is 10.1. The molecule has 1 aliphatic heterocycles. The van der Waals surface area contributed by atoms with Gasteiger partial charge < -0.3 is 19.3 Å². The highest BCUT2D eigenvalue weighted by Gasteiger charge is 2.26. The number of hydrogen-bond acceptors (Lipinski definition) is 5. The van der Waals surface area contributed by atoms with E-state index in [4.69, 9.17) is 15.7 Å². The maximum atomic E-state index is 12.7. The van der Waals surface area contributed by atoms with Gasteiger partial charge in [-0.05, 0) is 39.0 Å². The molecule has 1 heterocycles. The molecule has 0 spiro atoms. The fraction of sp³-hybridized carbons (Fsp3) is 0.529. The monoisotopic (exact) mass is 406 g/mol. The van der Waals surface area contributed by atoms with Gasteiger partial charge in [0.05, 0.1) is 23.6 Å². The molecule has 2 rings (SSSR count). The van der Waals surface area contributed by atoms with Gasteiger partial charge in [0.2, 0.25) is 0 Å². The summed E-state index contributed by atoms with van der Waals surface area (Å²) >= 11 is 3.13. The van der Waals surface area contributed by atoms with Gasteiger partial charge in [-0.3, -0.25) is 0 Å². The van der Waals surface area contributed by atoms with Gasteiger partial charge in [0.15, 0.2) is 0 Å². The van der Waals surface area contributed by atoms with Crippen molar-refractivity contribution >= 4 is 33.7 Å². The number of hydrogen-bond donors (Lipinski definition) is 0. The van der Waals surface area contributed by atoms with Gasteiger partial charge in [0.1, 0.15) is 5.60 Å². The van der Waals surface area contributed by atoms with E-state index in [9.17, 15) is 9.59 Å². The first kappa shape index (κ1) is 10.3. The smallest absolute Gasteiger partial charge is 0.410 e. The highest BCUT2D eigenvalue weighted by molar-refractivity contribution is 9.10. The summed E-state index contributed by atoms with van der Waals surface area (Å²) in [5, 5.41) is 0. The molecule has 0 unspecified atom stereocenters. The minimum absolute atomic E-state index is 0.112. The Hall–Kier alpha value is -1.76. The first-order valence-electron chi connectivity index (χ1n) is 10.9. The summed E-state index contributed by atoms with van der Waals surface area (Å²) in [5.74, 6) is -0.827. The van der Waals surface area contributed by atoms with Gasteiger partial charge in [0.25, 0.3) is 0 Å². The average molecular weight is 407 g/mol. The van der Waals surface area contributed by atoms with E-state index in [-0.39, 0.29) is 25.5 Å². The van der Waals surface area contributed by atoms with E-state index < -0.39 is 43.7 Å². The Morgan fingerprint density at radius 3 is 2.33 bits per heavy atom. The maximum Gasteiger partial charge on any atom is 0.410 e. The molecule has 24 heavy (non-hydrogen) atoms. The van der Waals surface area contributed by atoms with Gasteiger partial charge in [-0.2, -0.15) is 0 Å². The quantitative estimate of drug-likeness (QED) is 0.705. The number of rotatable bonds is 2. The fourth-order valence-electron chi connectivity index (χ4n) is 1.72. The zero-order valence-electron chi connectivity index (χ0n) is 21.6. The molecule has 0 aromatic heterocycles. The second-order valence-corrected chi connectivity index (χ2v) is 6.70. The second kappa shape index (κ2) is 7.42. The van der Waals surface area contributed by atoms with Crippen LogP contribution in [0.3, 0.4) is 0 Å². The lowest BCUT2D eigenvalue weighted by Gasteiger charge is -2.37. The van der Waals surface area contributed by atoms with Crippen LogP contribution in [-0.2, 0) is 9.47 Å². The van der Waals surface area contributed by atoms with Crippen LogP contribution in [0.25, 0.3) is 0 Å². The van der Waals surface area contributed by atoms with Crippen LogP contribution in [0.2, 0.25) is 0 Å². The number of piperazine rings is 1. The van der Waals surface area contributed by atoms with Gasteiger partial charge in [-0.15, -0.1) is 0 Å². The van der Waals surface area contributed by atoms with Gasteiger partial charge in [-0.1, -0.05) is 15.9 Å². The number of amides is 1. The maximum absolute atomic E-state index is 12.7. The molecule has 0 atom stereocenters. The van der Waals surface area contributed by atoms with Crippen LogP contribution in [0.4, 0.5) is 10.5 Å². The molecule has 1 aliphatic rings. The number of carbonyl (C=O) groups excluding carboxylic acids is 2. The molecule has 0 aliphatic carbocycles. The van der Waals surface area contributed by atoms with Crippen LogP contribution in [0.15, 0.2) is 22.7 Å². The van der Waals surface area contributed by atoms with Crippen molar-refractivity contribution < 1.29 is 30.0 Å². The number of ether oxygens (including phenoxy) is 2. The zero-order chi connectivity index (χ0) is 25.1. The number of esters is 1. The zero-order valence-corrected chi connectivity index (χ0v) is 15.2. The molecule has 132 valence electrons. The van der Waals surface area contributed by atoms with Crippen LogP contribution < -0.4 is 4.90 Å². The molecular weight excluding hydrogens is 376 g/mol. The van der Waals surface area contributed by atoms with Crippen molar-refractivity contribution in [1.29, 1.82) is 0 Å². The topological polar surface area (TPSA) is 59.1 Å². The van der Waals surface area contributed by atoms with Crippen molar-refractivity contribution in [1.82, 2.24) is 4.90 Å². The molecule has 0 bridgehead atoms. The second-order valence-electron chi connectivity index (χ2n) is 5.79. The fourth-order valence-corrected chi connectivity index (χ4v) is 2.20. The summed E-state index contributed by atoms with van der Waals surface area (Å²) in [7, 11) is 1.11. The summed E-state index contributed by atoms with van der Waals surface area (Å²) < 4.78 is 76.9. The predicted octanol–water partition coefficient (Wildman–Crippen LogP) is 3.29. The third-order valence-corrected chi connectivity index (χ3v) is 3.14. The third kappa shape index (κ3) is 4.87. The molecule has 7 heteroatoms. The number of benzene rings is 1.